The average molecular weight is 302 g/mol. The Bertz CT molecular complexity index is 382. The Morgan fingerprint density at radius 3 is 2.88 bits per heavy atom. The zero-order valence-corrected chi connectivity index (χ0v) is 11.3. The Morgan fingerprint density at radius 2 is 2.24 bits per heavy atom. The summed E-state index contributed by atoms with van der Waals surface area (Å²) in [5.41, 5.74) is 1.59. The van der Waals surface area contributed by atoms with Gasteiger partial charge in [-0.1, -0.05) is 15.9 Å². The number of nitrogens with one attached hydrogen (secondary N) is 1. The molecule has 0 radical (unpaired) electrons. The van der Waals surface area contributed by atoms with Gasteiger partial charge in [0.25, 0.3) is 5.91 Å². The van der Waals surface area contributed by atoms with Crippen LogP contribution in [0.5, 0.6) is 0 Å². The first-order valence-electron chi connectivity index (χ1n) is 5.38. The molecule has 0 bridgehead atoms. The molecule has 0 fully saturated rings. The van der Waals surface area contributed by atoms with Crippen LogP contribution in [0.25, 0.3) is 0 Å². The van der Waals surface area contributed by atoms with Gasteiger partial charge in [-0.2, -0.15) is 0 Å². The highest BCUT2D eigenvalue weighted by Gasteiger charge is 2.07. The first-order chi connectivity index (χ1) is 8.15. The van der Waals surface area contributed by atoms with Crippen LogP contribution >= 0.6 is 15.9 Å². The molecule has 5 heteroatoms. The molecule has 0 aliphatic rings. The lowest BCUT2D eigenvalue weighted by atomic mass is 10.1. The number of aryl methyl sites for hydroxylation is 1. The highest BCUT2D eigenvalue weighted by Crippen LogP contribution is 2.15. The molecule has 4 nitrogen and oxygen atoms in total. The molecule has 0 aliphatic carbocycles. The van der Waals surface area contributed by atoms with Crippen LogP contribution in [0.2, 0.25) is 0 Å². The van der Waals surface area contributed by atoms with Gasteiger partial charge in [0, 0.05) is 16.6 Å². The molecule has 2 N–H and O–H groups in total. The minimum atomic E-state index is -0.109. The van der Waals surface area contributed by atoms with Crippen molar-refractivity contribution in [3.8, 4) is 0 Å². The van der Waals surface area contributed by atoms with Crippen molar-refractivity contribution < 1.29 is 14.6 Å². The fraction of sp³-hybridized carbons (Fsp3) is 0.417. The lowest BCUT2D eigenvalue weighted by molar-refractivity contribution is 0.0837. The Hall–Kier alpha value is -0.910. The molecule has 0 unspecified atom stereocenters. The second kappa shape index (κ2) is 7.42. The molecule has 0 atom stereocenters. The van der Waals surface area contributed by atoms with Crippen molar-refractivity contribution in [2.75, 3.05) is 26.4 Å². The van der Waals surface area contributed by atoms with Gasteiger partial charge in [0.05, 0.1) is 19.8 Å². The van der Waals surface area contributed by atoms with Crippen LogP contribution in [0.3, 0.4) is 0 Å². The number of amides is 1. The number of ether oxygens (including phenoxy) is 1. The van der Waals surface area contributed by atoms with Crippen molar-refractivity contribution in [2.45, 2.75) is 6.92 Å². The Balaban J connectivity index is 2.42. The molecule has 0 aromatic heterocycles. The molecule has 0 saturated carbocycles. The summed E-state index contributed by atoms with van der Waals surface area (Å²) in [6, 6.07) is 5.52. The van der Waals surface area contributed by atoms with E-state index >= 15 is 0 Å². The van der Waals surface area contributed by atoms with E-state index in [-0.39, 0.29) is 12.5 Å². The summed E-state index contributed by atoms with van der Waals surface area (Å²) in [7, 11) is 0. The molecule has 1 aromatic rings. The van der Waals surface area contributed by atoms with Gasteiger partial charge >= 0.3 is 0 Å². The van der Waals surface area contributed by atoms with Gasteiger partial charge in [0.15, 0.2) is 0 Å². The monoisotopic (exact) mass is 301 g/mol. The van der Waals surface area contributed by atoms with Crippen molar-refractivity contribution in [2.24, 2.45) is 0 Å². The van der Waals surface area contributed by atoms with E-state index in [0.717, 1.165) is 10.0 Å². The predicted molar refractivity (Wildman–Crippen MR) is 69.1 cm³/mol. The highest BCUT2D eigenvalue weighted by molar-refractivity contribution is 9.10. The number of halogens is 1. The number of carbonyl (C=O) groups is 1. The van der Waals surface area contributed by atoms with E-state index in [1.54, 1.807) is 6.07 Å². The lowest BCUT2D eigenvalue weighted by Gasteiger charge is -2.08. The minimum absolute atomic E-state index is 0.000231. The van der Waals surface area contributed by atoms with Gasteiger partial charge < -0.3 is 15.2 Å². The topological polar surface area (TPSA) is 58.6 Å². The van der Waals surface area contributed by atoms with Gasteiger partial charge in [-0.3, -0.25) is 4.79 Å². The number of hydrogen-bond acceptors (Lipinski definition) is 3. The van der Waals surface area contributed by atoms with Crippen LogP contribution in [0, 0.1) is 6.92 Å². The fourth-order valence-electron chi connectivity index (χ4n) is 1.38. The zero-order valence-electron chi connectivity index (χ0n) is 9.70. The van der Waals surface area contributed by atoms with E-state index in [1.165, 1.54) is 0 Å². The van der Waals surface area contributed by atoms with Crippen LogP contribution < -0.4 is 5.32 Å². The molecular formula is C12H16BrNO3. The quantitative estimate of drug-likeness (QED) is 0.783. The summed E-state index contributed by atoms with van der Waals surface area (Å²) < 4.78 is 6.00. The fourth-order valence-corrected chi connectivity index (χ4v) is 1.86. The number of rotatable bonds is 6. The van der Waals surface area contributed by atoms with Gasteiger partial charge in [-0.25, -0.2) is 0 Å². The molecule has 0 spiro atoms. The molecule has 94 valence electrons. The van der Waals surface area contributed by atoms with Crippen LogP contribution in [0.4, 0.5) is 0 Å². The molecule has 17 heavy (non-hydrogen) atoms. The summed E-state index contributed by atoms with van der Waals surface area (Å²) >= 11 is 3.35. The maximum Gasteiger partial charge on any atom is 0.251 e. The Labute approximate surface area is 109 Å². The summed E-state index contributed by atoms with van der Waals surface area (Å²) in [6.45, 7) is 3.03. The number of hydrogen-bond donors (Lipinski definition) is 2. The molecule has 1 aromatic carbocycles. The largest absolute Gasteiger partial charge is 0.394 e. The third kappa shape index (κ3) is 4.85. The maximum absolute atomic E-state index is 11.8. The number of benzene rings is 1. The average Bonchev–Trinajstić information content (AvgIpc) is 2.28. The van der Waals surface area contributed by atoms with Crippen molar-refractivity contribution in [3.63, 3.8) is 0 Å². The summed E-state index contributed by atoms with van der Waals surface area (Å²) in [5, 5.41) is 11.3. The number of aliphatic hydroxyl groups is 1. The molecule has 0 aliphatic heterocycles. The molecule has 0 saturated heterocycles. The van der Waals surface area contributed by atoms with E-state index in [0.29, 0.717) is 25.3 Å². The van der Waals surface area contributed by atoms with Crippen molar-refractivity contribution in [3.05, 3.63) is 33.8 Å². The van der Waals surface area contributed by atoms with Crippen LogP contribution in [0.1, 0.15) is 15.9 Å². The third-order valence-electron chi connectivity index (χ3n) is 2.20. The number of carbonyl (C=O) groups excluding carboxylic acids is 1. The maximum atomic E-state index is 11.8. The van der Waals surface area contributed by atoms with Crippen molar-refractivity contribution in [1.82, 2.24) is 5.32 Å². The van der Waals surface area contributed by atoms with Gasteiger partial charge in [0.1, 0.15) is 0 Å². The third-order valence-corrected chi connectivity index (χ3v) is 2.69. The normalized spacial score (nSPS) is 10.3. The van der Waals surface area contributed by atoms with Crippen LogP contribution in [-0.2, 0) is 4.74 Å². The van der Waals surface area contributed by atoms with Crippen molar-refractivity contribution >= 4 is 21.8 Å². The van der Waals surface area contributed by atoms with Gasteiger partial charge in [0.2, 0.25) is 0 Å². The summed E-state index contributed by atoms with van der Waals surface area (Å²) in [5.74, 6) is -0.109. The van der Waals surface area contributed by atoms with Crippen LogP contribution in [0.15, 0.2) is 22.7 Å². The molecule has 1 rings (SSSR count). The second-order valence-corrected chi connectivity index (χ2v) is 4.47. The molecular weight excluding hydrogens is 286 g/mol. The second-order valence-electron chi connectivity index (χ2n) is 3.55. The first kappa shape index (κ1) is 14.2. The highest BCUT2D eigenvalue weighted by atomic mass is 79.9. The summed E-state index contributed by atoms with van der Waals surface area (Å²) in [6.07, 6.45) is 0. The van der Waals surface area contributed by atoms with E-state index in [4.69, 9.17) is 9.84 Å². The van der Waals surface area contributed by atoms with Crippen LogP contribution in [-0.4, -0.2) is 37.4 Å². The van der Waals surface area contributed by atoms with E-state index in [1.807, 2.05) is 19.1 Å². The SMILES string of the molecule is Cc1cc(Br)ccc1C(=O)NCCOCCO. The van der Waals surface area contributed by atoms with E-state index < -0.39 is 0 Å². The number of aliphatic hydroxyl groups excluding tert-OH is 1. The van der Waals surface area contributed by atoms with E-state index in [9.17, 15) is 4.79 Å². The Kier molecular flexibility index (Phi) is 6.18. The molecule has 1 amide bonds. The Morgan fingerprint density at radius 1 is 1.47 bits per heavy atom. The molecule has 0 heterocycles. The minimum Gasteiger partial charge on any atom is -0.394 e. The lowest BCUT2D eigenvalue weighted by Crippen LogP contribution is -2.28. The predicted octanol–water partition coefficient (Wildman–Crippen LogP) is 1.50. The zero-order chi connectivity index (χ0) is 12.7. The first-order valence-corrected chi connectivity index (χ1v) is 6.17. The summed E-state index contributed by atoms with van der Waals surface area (Å²) in [4.78, 5) is 11.8. The van der Waals surface area contributed by atoms with Crippen molar-refractivity contribution in [1.29, 1.82) is 0 Å². The van der Waals surface area contributed by atoms with E-state index in [2.05, 4.69) is 21.2 Å². The van der Waals surface area contributed by atoms with Gasteiger partial charge in [-0.05, 0) is 30.7 Å². The van der Waals surface area contributed by atoms with Gasteiger partial charge in [-0.15, -0.1) is 0 Å². The standard InChI is InChI=1S/C12H16BrNO3/c1-9-8-10(13)2-3-11(9)12(16)14-4-6-17-7-5-15/h2-3,8,15H,4-7H2,1H3,(H,14,16). The smallest absolute Gasteiger partial charge is 0.251 e.